The lowest BCUT2D eigenvalue weighted by Crippen LogP contribution is -2.19. The van der Waals surface area contributed by atoms with Crippen molar-refractivity contribution in [3.63, 3.8) is 0 Å². The Kier molecular flexibility index (Phi) is 4.59. The Morgan fingerprint density at radius 2 is 1.95 bits per heavy atom. The molecular formula is C16H22O3. The van der Waals surface area contributed by atoms with E-state index in [1.807, 2.05) is 44.2 Å². The summed E-state index contributed by atoms with van der Waals surface area (Å²) >= 11 is 0. The van der Waals surface area contributed by atoms with Crippen LogP contribution < -0.4 is 0 Å². The summed E-state index contributed by atoms with van der Waals surface area (Å²) < 4.78 is 10.9. The number of ether oxygens (including phenoxy) is 2. The number of hydrogen-bond acceptors (Lipinski definition) is 3. The van der Waals surface area contributed by atoms with Gasteiger partial charge in [-0.3, -0.25) is 4.79 Å². The van der Waals surface area contributed by atoms with Crippen molar-refractivity contribution in [1.29, 1.82) is 0 Å². The van der Waals surface area contributed by atoms with E-state index in [2.05, 4.69) is 0 Å². The molecule has 2 rings (SSSR count). The number of benzene rings is 1. The smallest absolute Gasteiger partial charge is 0.306 e. The highest BCUT2D eigenvalue weighted by Crippen LogP contribution is 2.49. The Morgan fingerprint density at radius 1 is 1.26 bits per heavy atom. The molecule has 0 unspecified atom stereocenters. The average molecular weight is 262 g/mol. The lowest BCUT2D eigenvalue weighted by Gasteiger charge is -2.16. The van der Waals surface area contributed by atoms with E-state index in [0.29, 0.717) is 19.6 Å². The highest BCUT2D eigenvalue weighted by atomic mass is 16.5. The highest BCUT2D eigenvalue weighted by Gasteiger charge is 2.45. The first kappa shape index (κ1) is 14.1. The minimum absolute atomic E-state index is 0.0536. The second-order valence-corrected chi connectivity index (χ2v) is 5.68. The molecule has 0 radical (unpaired) electrons. The first-order valence-electron chi connectivity index (χ1n) is 6.91. The SMILES string of the molecule is CC(C)OCC1(CC(=O)OCc2ccccc2)CC1. The lowest BCUT2D eigenvalue weighted by molar-refractivity contribution is -0.147. The fourth-order valence-electron chi connectivity index (χ4n) is 1.99. The van der Waals surface area contributed by atoms with Crippen molar-refractivity contribution in [2.75, 3.05) is 6.61 Å². The molecule has 19 heavy (non-hydrogen) atoms. The van der Waals surface area contributed by atoms with Crippen molar-refractivity contribution in [3.05, 3.63) is 35.9 Å². The van der Waals surface area contributed by atoms with Gasteiger partial charge in [-0.05, 0) is 32.3 Å². The summed E-state index contributed by atoms with van der Waals surface area (Å²) in [5, 5.41) is 0. The molecule has 0 saturated heterocycles. The van der Waals surface area contributed by atoms with Gasteiger partial charge in [0.25, 0.3) is 0 Å². The van der Waals surface area contributed by atoms with Crippen LogP contribution >= 0.6 is 0 Å². The molecule has 0 atom stereocenters. The lowest BCUT2D eigenvalue weighted by atomic mass is 10.0. The van der Waals surface area contributed by atoms with Crippen LogP contribution in [0, 0.1) is 5.41 Å². The van der Waals surface area contributed by atoms with E-state index < -0.39 is 0 Å². The third kappa shape index (κ3) is 4.67. The summed E-state index contributed by atoms with van der Waals surface area (Å²) in [7, 11) is 0. The zero-order valence-corrected chi connectivity index (χ0v) is 11.7. The molecule has 3 heteroatoms. The first-order valence-corrected chi connectivity index (χ1v) is 6.91. The van der Waals surface area contributed by atoms with Crippen LogP contribution in [0.25, 0.3) is 0 Å². The molecular weight excluding hydrogens is 240 g/mol. The topological polar surface area (TPSA) is 35.5 Å². The molecule has 0 bridgehead atoms. The number of carbonyl (C=O) groups excluding carboxylic acids is 1. The molecule has 0 aromatic heterocycles. The summed E-state index contributed by atoms with van der Waals surface area (Å²) in [6.07, 6.45) is 2.84. The molecule has 1 fully saturated rings. The molecule has 104 valence electrons. The number of carbonyl (C=O) groups is 1. The Hall–Kier alpha value is -1.35. The van der Waals surface area contributed by atoms with Crippen molar-refractivity contribution in [2.45, 2.75) is 45.8 Å². The van der Waals surface area contributed by atoms with Gasteiger partial charge in [-0.1, -0.05) is 30.3 Å². The maximum atomic E-state index is 11.8. The number of hydrogen-bond donors (Lipinski definition) is 0. The van der Waals surface area contributed by atoms with Gasteiger partial charge in [0.2, 0.25) is 0 Å². The predicted octanol–water partition coefficient (Wildman–Crippen LogP) is 3.33. The van der Waals surface area contributed by atoms with Crippen LogP contribution in [0.15, 0.2) is 30.3 Å². The monoisotopic (exact) mass is 262 g/mol. The van der Waals surface area contributed by atoms with E-state index in [1.165, 1.54) is 0 Å². The molecule has 0 aliphatic heterocycles. The standard InChI is InChI=1S/C16H22O3/c1-13(2)19-12-16(8-9-16)10-15(17)18-11-14-6-4-3-5-7-14/h3-7,13H,8-12H2,1-2H3. The maximum absolute atomic E-state index is 11.8. The number of rotatable bonds is 7. The molecule has 0 heterocycles. The second-order valence-electron chi connectivity index (χ2n) is 5.68. The van der Waals surface area contributed by atoms with Crippen LogP contribution in [0.3, 0.4) is 0 Å². The molecule has 1 saturated carbocycles. The molecule has 1 aromatic carbocycles. The van der Waals surface area contributed by atoms with Gasteiger partial charge in [0.05, 0.1) is 19.1 Å². The molecule has 3 nitrogen and oxygen atoms in total. The van der Waals surface area contributed by atoms with E-state index >= 15 is 0 Å². The fourth-order valence-corrected chi connectivity index (χ4v) is 1.99. The number of esters is 1. The third-order valence-electron chi connectivity index (χ3n) is 3.44. The first-order chi connectivity index (χ1) is 9.10. The normalized spacial score (nSPS) is 16.4. The summed E-state index contributed by atoms with van der Waals surface area (Å²) in [5.74, 6) is -0.117. The van der Waals surface area contributed by atoms with E-state index in [0.717, 1.165) is 18.4 Å². The Morgan fingerprint density at radius 3 is 2.53 bits per heavy atom. The molecule has 0 spiro atoms. The van der Waals surface area contributed by atoms with Crippen LogP contribution in [0.5, 0.6) is 0 Å². The van der Waals surface area contributed by atoms with E-state index in [1.54, 1.807) is 0 Å². The summed E-state index contributed by atoms with van der Waals surface area (Å²) in [6.45, 7) is 5.07. The summed E-state index contributed by atoms with van der Waals surface area (Å²) in [6, 6.07) is 9.77. The van der Waals surface area contributed by atoms with Crippen molar-refractivity contribution in [1.82, 2.24) is 0 Å². The molecule has 1 aliphatic carbocycles. The second kappa shape index (κ2) is 6.20. The van der Waals surface area contributed by atoms with Crippen LogP contribution in [-0.4, -0.2) is 18.7 Å². The van der Waals surface area contributed by atoms with Crippen LogP contribution in [0.4, 0.5) is 0 Å². The van der Waals surface area contributed by atoms with Gasteiger partial charge in [0.1, 0.15) is 6.61 Å². The molecule has 0 N–H and O–H groups in total. The van der Waals surface area contributed by atoms with Gasteiger partial charge in [0.15, 0.2) is 0 Å². The van der Waals surface area contributed by atoms with Gasteiger partial charge in [-0.15, -0.1) is 0 Å². The van der Waals surface area contributed by atoms with Crippen molar-refractivity contribution in [3.8, 4) is 0 Å². The van der Waals surface area contributed by atoms with Gasteiger partial charge in [0, 0.05) is 5.41 Å². The van der Waals surface area contributed by atoms with Crippen molar-refractivity contribution in [2.24, 2.45) is 5.41 Å². The average Bonchev–Trinajstić information content (AvgIpc) is 3.16. The van der Waals surface area contributed by atoms with Crippen molar-refractivity contribution >= 4 is 5.97 Å². The van der Waals surface area contributed by atoms with Crippen LogP contribution in [-0.2, 0) is 20.9 Å². The van der Waals surface area contributed by atoms with Crippen LogP contribution in [0.2, 0.25) is 0 Å². The third-order valence-corrected chi connectivity index (χ3v) is 3.44. The summed E-state index contributed by atoms with van der Waals surface area (Å²) in [4.78, 5) is 11.8. The Bertz CT molecular complexity index is 407. The van der Waals surface area contributed by atoms with E-state index in [4.69, 9.17) is 9.47 Å². The fraction of sp³-hybridized carbons (Fsp3) is 0.562. The van der Waals surface area contributed by atoms with Crippen molar-refractivity contribution < 1.29 is 14.3 Å². The largest absolute Gasteiger partial charge is 0.461 e. The predicted molar refractivity (Wildman–Crippen MR) is 73.6 cm³/mol. The Balaban J connectivity index is 1.72. The minimum Gasteiger partial charge on any atom is -0.461 e. The van der Waals surface area contributed by atoms with Gasteiger partial charge >= 0.3 is 5.97 Å². The molecule has 0 amide bonds. The van der Waals surface area contributed by atoms with E-state index in [9.17, 15) is 4.79 Å². The minimum atomic E-state index is -0.117. The quantitative estimate of drug-likeness (QED) is 0.707. The summed E-state index contributed by atoms with van der Waals surface area (Å²) in [5.41, 5.74) is 1.08. The maximum Gasteiger partial charge on any atom is 0.306 e. The van der Waals surface area contributed by atoms with Crippen LogP contribution in [0.1, 0.15) is 38.7 Å². The molecule has 1 aliphatic rings. The zero-order chi connectivity index (χ0) is 13.7. The van der Waals surface area contributed by atoms with Gasteiger partial charge < -0.3 is 9.47 Å². The van der Waals surface area contributed by atoms with E-state index in [-0.39, 0.29) is 17.5 Å². The Labute approximate surface area is 114 Å². The highest BCUT2D eigenvalue weighted by molar-refractivity contribution is 5.70. The molecule has 1 aromatic rings. The zero-order valence-electron chi connectivity index (χ0n) is 11.7. The van der Waals surface area contributed by atoms with Gasteiger partial charge in [-0.25, -0.2) is 0 Å². The van der Waals surface area contributed by atoms with Gasteiger partial charge in [-0.2, -0.15) is 0 Å².